The van der Waals surface area contributed by atoms with Crippen molar-refractivity contribution >= 4 is 39.9 Å². The third-order valence-corrected chi connectivity index (χ3v) is 6.23. The van der Waals surface area contributed by atoms with Gasteiger partial charge in [0.25, 0.3) is 10.0 Å². The predicted octanol–water partition coefficient (Wildman–Crippen LogP) is 1.78. The highest BCUT2D eigenvalue weighted by Crippen LogP contribution is 2.27. The van der Waals surface area contributed by atoms with Gasteiger partial charge >= 0.3 is 19.2 Å². The monoisotopic (exact) mass is 481 g/mol. The second-order valence-corrected chi connectivity index (χ2v) is 8.71. The van der Waals surface area contributed by atoms with Gasteiger partial charge in [-0.2, -0.15) is 13.2 Å². The van der Waals surface area contributed by atoms with E-state index in [0.717, 1.165) is 18.2 Å². The molecule has 0 spiro atoms. The molecule has 0 bridgehead atoms. The molecule has 2 aromatic carbocycles. The molecule has 9 nitrogen and oxygen atoms in total. The van der Waals surface area contributed by atoms with Crippen LogP contribution in [0.25, 0.3) is 0 Å². The van der Waals surface area contributed by atoms with Crippen molar-refractivity contribution in [3.63, 3.8) is 0 Å². The number of carbonyl (C=O) groups excluding carboxylic acids is 1. The van der Waals surface area contributed by atoms with Gasteiger partial charge in [-0.3, -0.25) is 9.52 Å². The van der Waals surface area contributed by atoms with Crippen LogP contribution in [0.5, 0.6) is 0 Å². The minimum Gasteiger partial charge on any atom is -0.449 e. The van der Waals surface area contributed by atoms with Crippen molar-refractivity contribution in [3.05, 3.63) is 65.9 Å². The molecule has 0 fully saturated rings. The first-order valence-corrected chi connectivity index (χ1v) is 10.9. The number of hydrogen-bond donors (Lipinski definition) is 3. The van der Waals surface area contributed by atoms with E-state index in [9.17, 15) is 31.4 Å². The molecule has 33 heavy (non-hydrogen) atoms. The molecule has 3 N–H and O–H groups in total. The maximum atomic E-state index is 13.1. The summed E-state index contributed by atoms with van der Waals surface area (Å²) in [6.07, 6.45) is -2.70. The van der Waals surface area contributed by atoms with E-state index in [1.807, 2.05) is 0 Å². The van der Waals surface area contributed by atoms with Crippen molar-refractivity contribution in [2.45, 2.75) is 24.1 Å². The number of amides is 1. The summed E-state index contributed by atoms with van der Waals surface area (Å²) in [6.45, 7) is 0.189. The summed E-state index contributed by atoms with van der Waals surface area (Å²) in [4.78, 5) is 14.9. The maximum absolute atomic E-state index is 13.1. The molecule has 0 aliphatic carbocycles. The smallest absolute Gasteiger partial charge is 0.449 e. The molecular formula is C19H15BF3N3O6S. The number of sulfonamides is 1. The van der Waals surface area contributed by atoms with Gasteiger partial charge in [-0.15, -0.1) is 0 Å². The van der Waals surface area contributed by atoms with Crippen LogP contribution in [-0.4, -0.2) is 37.6 Å². The number of nitrogens with one attached hydrogen (secondary N) is 2. The number of alkyl halides is 3. The van der Waals surface area contributed by atoms with Crippen molar-refractivity contribution < 1.29 is 40.5 Å². The standard InChI is InChI=1S/C19H15BF3N3O6S/c21-19(22,23)18(27)25-13-3-4-16(12(7-13)8-17-24-5-6-31-17)33(29,30)26-14-2-1-11-10-32-20(28)15(11)9-14/h1-7,9,26,28H,8,10H2,(H,25,27). The van der Waals surface area contributed by atoms with E-state index in [1.165, 1.54) is 24.6 Å². The summed E-state index contributed by atoms with van der Waals surface area (Å²) in [5.74, 6) is -2.08. The predicted molar refractivity (Wildman–Crippen MR) is 110 cm³/mol. The van der Waals surface area contributed by atoms with Crippen molar-refractivity contribution in [1.82, 2.24) is 4.98 Å². The summed E-state index contributed by atoms with van der Waals surface area (Å²) < 4.78 is 76.6. The molecule has 0 saturated heterocycles. The van der Waals surface area contributed by atoms with Gasteiger partial charge in [0.15, 0.2) is 5.89 Å². The highest BCUT2D eigenvalue weighted by atomic mass is 32.2. The second-order valence-electron chi connectivity index (χ2n) is 7.06. The largest absolute Gasteiger partial charge is 0.491 e. The van der Waals surface area contributed by atoms with Crippen LogP contribution in [0.3, 0.4) is 0 Å². The van der Waals surface area contributed by atoms with Gasteiger partial charge in [0.2, 0.25) is 0 Å². The number of halogens is 3. The molecular weight excluding hydrogens is 466 g/mol. The summed E-state index contributed by atoms with van der Waals surface area (Å²) in [7, 11) is -5.41. The number of anilines is 2. The quantitative estimate of drug-likeness (QED) is 0.458. The number of carbonyl (C=O) groups is 1. The highest BCUT2D eigenvalue weighted by Gasteiger charge is 2.38. The Kier molecular flexibility index (Phi) is 5.90. The number of aromatic nitrogens is 1. The Morgan fingerprint density at radius 2 is 1.94 bits per heavy atom. The molecule has 1 amide bonds. The zero-order chi connectivity index (χ0) is 23.8. The lowest BCUT2D eigenvalue weighted by Gasteiger charge is -2.15. The summed E-state index contributed by atoms with van der Waals surface area (Å²) in [5, 5.41) is 11.5. The lowest BCUT2D eigenvalue weighted by molar-refractivity contribution is -0.167. The van der Waals surface area contributed by atoms with Gasteiger partial charge in [0.1, 0.15) is 6.26 Å². The minimum absolute atomic E-state index is 0.0365. The fourth-order valence-corrected chi connectivity index (χ4v) is 4.52. The van der Waals surface area contributed by atoms with Gasteiger partial charge in [-0.05, 0) is 46.9 Å². The average Bonchev–Trinajstić information content (AvgIpc) is 3.37. The van der Waals surface area contributed by atoms with E-state index in [1.54, 1.807) is 11.4 Å². The van der Waals surface area contributed by atoms with Crippen molar-refractivity contribution in [1.29, 1.82) is 0 Å². The zero-order valence-electron chi connectivity index (χ0n) is 16.6. The zero-order valence-corrected chi connectivity index (χ0v) is 17.4. The molecule has 3 aromatic rings. The fourth-order valence-electron chi connectivity index (χ4n) is 3.25. The number of benzene rings is 2. The Balaban J connectivity index is 1.67. The molecule has 0 atom stereocenters. The van der Waals surface area contributed by atoms with E-state index < -0.39 is 29.2 Å². The Morgan fingerprint density at radius 1 is 1.18 bits per heavy atom. The van der Waals surface area contributed by atoms with Crippen molar-refractivity contribution in [2.75, 3.05) is 10.0 Å². The molecule has 172 valence electrons. The summed E-state index contributed by atoms with van der Waals surface area (Å²) in [6, 6.07) is 7.73. The number of rotatable bonds is 6. The molecule has 4 rings (SSSR count). The third-order valence-electron chi connectivity index (χ3n) is 4.75. The summed E-state index contributed by atoms with van der Waals surface area (Å²) in [5.41, 5.74) is 1.06. The maximum Gasteiger partial charge on any atom is 0.491 e. The van der Waals surface area contributed by atoms with Gasteiger partial charge in [-0.25, -0.2) is 13.4 Å². The molecule has 0 saturated carbocycles. The Morgan fingerprint density at radius 3 is 2.64 bits per heavy atom. The lowest BCUT2D eigenvalue weighted by atomic mass is 9.79. The fraction of sp³-hybridized carbons (Fsp3) is 0.158. The third kappa shape index (κ3) is 5.02. The Hall–Kier alpha value is -3.36. The first-order valence-electron chi connectivity index (χ1n) is 9.38. The van der Waals surface area contributed by atoms with Gasteiger partial charge in [0.05, 0.1) is 24.1 Å². The van der Waals surface area contributed by atoms with E-state index in [-0.39, 0.29) is 40.8 Å². The van der Waals surface area contributed by atoms with Crippen LogP contribution in [0.1, 0.15) is 17.0 Å². The molecule has 1 aliphatic heterocycles. The SMILES string of the molecule is O=C(Nc1ccc(S(=O)(=O)Nc2ccc3c(c2)B(O)OC3)c(Cc2ncco2)c1)C(F)(F)F. The Bertz CT molecular complexity index is 1300. The first kappa shape index (κ1) is 22.8. The van der Waals surface area contributed by atoms with Gasteiger partial charge in [0, 0.05) is 11.4 Å². The van der Waals surface area contributed by atoms with Crippen LogP contribution in [-0.2, 0) is 32.5 Å². The van der Waals surface area contributed by atoms with Crippen molar-refractivity contribution in [3.8, 4) is 0 Å². The Labute approximate surface area is 185 Å². The number of oxazole rings is 1. The lowest BCUT2D eigenvalue weighted by Crippen LogP contribution is -2.30. The van der Waals surface area contributed by atoms with Crippen LogP contribution in [0.2, 0.25) is 0 Å². The topological polar surface area (TPSA) is 131 Å². The van der Waals surface area contributed by atoms with Crippen LogP contribution in [0.15, 0.2) is 58.2 Å². The second kappa shape index (κ2) is 8.54. The normalized spacial score (nSPS) is 13.6. The molecule has 0 radical (unpaired) electrons. The molecule has 0 unspecified atom stereocenters. The van der Waals surface area contributed by atoms with E-state index in [4.69, 9.17) is 9.07 Å². The van der Waals surface area contributed by atoms with Crippen LogP contribution in [0.4, 0.5) is 24.5 Å². The van der Waals surface area contributed by atoms with Gasteiger partial charge < -0.3 is 19.4 Å². The molecule has 2 heterocycles. The summed E-state index contributed by atoms with van der Waals surface area (Å²) >= 11 is 0. The molecule has 1 aromatic heterocycles. The minimum atomic E-state index is -5.11. The number of nitrogens with zero attached hydrogens (tertiary/aromatic N) is 1. The van der Waals surface area contributed by atoms with Gasteiger partial charge in [-0.1, -0.05) is 6.07 Å². The number of fused-ring (bicyclic) bond motifs is 1. The van der Waals surface area contributed by atoms with E-state index in [2.05, 4.69) is 9.71 Å². The van der Waals surface area contributed by atoms with Crippen molar-refractivity contribution in [2.24, 2.45) is 0 Å². The first-order chi connectivity index (χ1) is 15.5. The molecule has 14 heteroatoms. The number of hydrogen-bond acceptors (Lipinski definition) is 7. The van der Waals surface area contributed by atoms with E-state index in [0.29, 0.717) is 11.0 Å². The highest BCUT2D eigenvalue weighted by molar-refractivity contribution is 7.92. The van der Waals surface area contributed by atoms with E-state index >= 15 is 0 Å². The van der Waals surface area contributed by atoms with Crippen LogP contribution < -0.4 is 15.5 Å². The van der Waals surface area contributed by atoms with Crippen LogP contribution >= 0.6 is 0 Å². The van der Waals surface area contributed by atoms with Crippen LogP contribution in [0, 0.1) is 0 Å². The average molecular weight is 481 g/mol. The molecule has 1 aliphatic rings.